The topological polar surface area (TPSA) is 49.4 Å². The van der Waals surface area contributed by atoms with Crippen molar-refractivity contribution in [2.45, 2.75) is 59.0 Å². The standard InChI is InChI=1S/C24H31FN2O2/c1-5-26-24(29)18(4)27(16-21-8-6-7-9-22(21)25)23(28)15-12-19-10-13-20(14-11-19)17(2)3/h6-11,13-14,17-18H,5,12,15-16H2,1-4H3,(H,26,29)/t18-/m0/s1. The molecule has 0 aliphatic carbocycles. The number of carbonyl (C=O) groups excluding carboxylic acids is 2. The van der Waals surface area contributed by atoms with Crippen LogP contribution in [0.15, 0.2) is 48.5 Å². The second-order valence-electron chi connectivity index (χ2n) is 7.58. The van der Waals surface area contributed by atoms with Gasteiger partial charge in [-0.1, -0.05) is 56.3 Å². The fourth-order valence-electron chi connectivity index (χ4n) is 3.18. The SMILES string of the molecule is CCNC(=O)[C@H](C)N(Cc1ccccc1F)C(=O)CCc1ccc(C(C)C)cc1. The largest absolute Gasteiger partial charge is 0.355 e. The maximum absolute atomic E-state index is 14.1. The highest BCUT2D eigenvalue weighted by Gasteiger charge is 2.26. The van der Waals surface area contributed by atoms with Gasteiger partial charge in [0.05, 0.1) is 0 Å². The molecule has 0 bridgehead atoms. The smallest absolute Gasteiger partial charge is 0.242 e. The van der Waals surface area contributed by atoms with Gasteiger partial charge < -0.3 is 10.2 Å². The lowest BCUT2D eigenvalue weighted by atomic mass is 10.00. The van der Waals surface area contributed by atoms with Crippen molar-refractivity contribution in [3.63, 3.8) is 0 Å². The van der Waals surface area contributed by atoms with Crippen LogP contribution in [0, 0.1) is 5.82 Å². The van der Waals surface area contributed by atoms with Gasteiger partial charge in [0.2, 0.25) is 11.8 Å². The summed E-state index contributed by atoms with van der Waals surface area (Å²) >= 11 is 0. The minimum atomic E-state index is -0.676. The van der Waals surface area contributed by atoms with Crippen LogP contribution in [0.5, 0.6) is 0 Å². The van der Waals surface area contributed by atoms with Gasteiger partial charge in [0.15, 0.2) is 0 Å². The lowest BCUT2D eigenvalue weighted by Gasteiger charge is -2.29. The number of aryl methyl sites for hydroxylation is 1. The maximum atomic E-state index is 14.1. The average molecular weight is 399 g/mol. The molecule has 0 fully saturated rings. The predicted octanol–water partition coefficient (Wildman–Crippen LogP) is 4.44. The Balaban J connectivity index is 2.12. The minimum absolute atomic E-state index is 0.0656. The first-order valence-electron chi connectivity index (χ1n) is 10.2. The molecule has 0 saturated carbocycles. The minimum Gasteiger partial charge on any atom is -0.355 e. The number of hydrogen-bond donors (Lipinski definition) is 1. The van der Waals surface area contributed by atoms with E-state index in [9.17, 15) is 14.0 Å². The fourth-order valence-corrected chi connectivity index (χ4v) is 3.18. The van der Waals surface area contributed by atoms with Crippen molar-refractivity contribution >= 4 is 11.8 Å². The van der Waals surface area contributed by atoms with Crippen LogP contribution in [0.4, 0.5) is 4.39 Å². The molecule has 2 aromatic carbocycles. The van der Waals surface area contributed by atoms with E-state index in [-0.39, 0.29) is 30.6 Å². The Kier molecular flexibility index (Phi) is 8.37. The highest BCUT2D eigenvalue weighted by Crippen LogP contribution is 2.17. The van der Waals surface area contributed by atoms with Gasteiger partial charge in [0.25, 0.3) is 0 Å². The van der Waals surface area contributed by atoms with Crippen LogP contribution in [0.2, 0.25) is 0 Å². The number of carbonyl (C=O) groups is 2. The summed E-state index contributed by atoms with van der Waals surface area (Å²) < 4.78 is 14.1. The van der Waals surface area contributed by atoms with Crippen molar-refractivity contribution < 1.29 is 14.0 Å². The van der Waals surface area contributed by atoms with Crippen LogP contribution in [-0.2, 0) is 22.6 Å². The first kappa shape index (κ1) is 22.6. The molecule has 0 radical (unpaired) electrons. The normalized spacial score (nSPS) is 11.9. The second-order valence-corrected chi connectivity index (χ2v) is 7.58. The molecule has 1 N–H and O–H groups in total. The van der Waals surface area contributed by atoms with Crippen LogP contribution in [0.25, 0.3) is 0 Å². The summed E-state index contributed by atoms with van der Waals surface area (Å²) in [7, 11) is 0. The summed E-state index contributed by atoms with van der Waals surface area (Å²) in [5.41, 5.74) is 2.73. The van der Waals surface area contributed by atoms with Crippen molar-refractivity contribution in [1.29, 1.82) is 0 Å². The number of benzene rings is 2. The second kappa shape index (κ2) is 10.7. The number of rotatable bonds is 9. The lowest BCUT2D eigenvalue weighted by molar-refractivity contribution is -0.140. The third-order valence-electron chi connectivity index (χ3n) is 5.09. The van der Waals surface area contributed by atoms with Crippen LogP contribution in [0.3, 0.4) is 0 Å². The molecule has 2 rings (SSSR count). The van der Waals surface area contributed by atoms with Crippen LogP contribution in [-0.4, -0.2) is 29.3 Å². The van der Waals surface area contributed by atoms with E-state index in [0.717, 1.165) is 5.56 Å². The molecule has 0 saturated heterocycles. The number of nitrogens with zero attached hydrogens (tertiary/aromatic N) is 1. The van der Waals surface area contributed by atoms with E-state index < -0.39 is 6.04 Å². The molecule has 2 amide bonds. The molecule has 0 heterocycles. The molecule has 0 spiro atoms. The zero-order valence-corrected chi connectivity index (χ0v) is 17.7. The number of halogens is 1. The van der Waals surface area contributed by atoms with Gasteiger partial charge in [-0.25, -0.2) is 4.39 Å². The first-order chi connectivity index (χ1) is 13.8. The molecule has 0 aliphatic rings. The van der Waals surface area contributed by atoms with Gasteiger partial charge in [-0.05, 0) is 43.4 Å². The highest BCUT2D eigenvalue weighted by molar-refractivity contribution is 5.87. The Morgan fingerprint density at radius 1 is 1.03 bits per heavy atom. The van der Waals surface area contributed by atoms with E-state index in [0.29, 0.717) is 24.4 Å². The van der Waals surface area contributed by atoms with Gasteiger partial charge in [-0.2, -0.15) is 0 Å². The van der Waals surface area contributed by atoms with Crippen molar-refractivity contribution in [3.8, 4) is 0 Å². The van der Waals surface area contributed by atoms with E-state index in [1.807, 2.05) is 19.1 Å². The van der Waals surface area contributed by atoms with Gasteiger partial charge in [0.1, 0.15) is 11.9 Å². The van der Waals surface area contributed by atoms with Crippen molar-refractivity contribution in [1.82, 2.24) is 10.2 Å². The molecule has 2 aromatic rings. The van der Waals surface area contributed by atoms with E-state index in [1.165, 1.54) is 16.5 Å². The number of hydrogen-bond acceptors (Lipinski definition) is 2. The zero-order valence-electron chi connectivity index (χ0n) is 17.7. The number of nitrogens with one attached hydrogen (secondary N) is 1. The maximum Gasteiger partial charge on any atom is 0.242 e. The van der Waals surface area contributed by atoms with Crippen molar-refractivity contribution in [3.05, 3.63) is 71.0 Å². The van der Waals surface area contributed by atoms with Crippen molar-refractivity contribution in [2.75, 3.05) is 6.54 Å². The highest BCUT2D eigenvalue weighted by atomic mass is 19.1. The third-order valence-corrected chi connectivity index (χ3v) is 5.09. The van der Waals surface area contributed by atoms with E-state index in [2.05, 4.69) is 31.3 Å². The Morgan fingerprint density at radius 3 is 2.28 bits per heavy atom. The van der Waals surface area contributed by atoms with E-state index >= 15 is 0 Å². The van der Waals surface area contributed by atoms with Crippen LogP contribution >= 0.6 is 0 Å². The number of likely N-dealkylation sites (N-methyl/N-ethyl adjacent to an activating group) is 1. The molecule has 0 aromatic heterocycles. The van der Waals surface area contributed by atoms with Gasteiger partial charge in [-0.15, -0.1) is 0 Å². The zero-order chi connectivity index (χ0) is 21.4. The molecule has 5 heteroatoms. The Labute approximate surface area is 173 Å². The molecule has 1 atom stereocenters. The van der Waals surface area contributed by atoms with E-state index in [1.54, 1.807) is 25.1 Å². The molecule has 4 nitrogen and oxygen atoms in total. The summed E-state index contributed by atoms with van der Waals surface area (Å²) in [6, 6.07) is 13.9. The fraction of sp³-hybridized carbons (Fsp3) is 0.417. The van der Waals surface area contributed by atoms with Crippen LogP contribution in [0.1, 0.15) is 56.7 Å². The summed E-state index contributed by atoms with van der Waals surface area (Å²) in [6.45, 7) is 8.34. The Bertz CT molecular complexity index is 818. The Hall–Kier alpha value is -2.69. The third kappa shape index (κ3) is 6.41. The van der Waals surface area contributed by atoms with Gasteiger partial charge >= 0.3 is 0 Å². The van der Waals surface area contributed by atoms with Gasteiger partial charge in [-0.3, -0.25) is 9.59 Å². The molecular formula is C24H31FN2O2. The van der Waals surface area contributed by atoms with Crippen molar-refractivity contribution in [2.24, 2.45) is 0 Å². The predicted molar refractivity (Wildman–Crippen MR) is 114 cm³/mol. The lowest BCUT2D eigenvalue weighted by Crippen LogP contribution is -2.47. The van der Waals surface area contributed by atoms with E-state index in [4.69, 9.17) is 0 Å². The van der Waals surface area contributed by atoms with Gasteiger partial charge in [0, 0.05) is 25.1 Å². The summed E-state index contributed by atoms with van der Waals surface area (Å²) in [6.07, 6.45) is 0.840. The quantitative estimate of drug-likeness (QED) is 0.679. The molecule has 156 valence electrons. The molecule has 0 aliphatic heterocycles. The monoisotopic (exact) mass is 398 g/mol. The van der Waals surface area contributed by atoms with Crippen LogP contribution < -0.4 is 5.32 Å². The first-order valence-corrected chi connectivity index (χ1v) is 10.2. The summed E-state index contributed by atoms with van der Waals surface area (Å²) in [5, 5.41) is 2.75. The summed E-state index contributed by atoms with van der Waals surface area (Å²) in [5.74, 6) is -0.323. The number of amides is 2. The molecular weight excluding hydrogens is 367 g/mol. The molecule has 29 heavy (non-hydrogen) atoms. The average Bonchev–Trinajstić information content (AvgIpc) is 2.71. The molecule has 0 unspecified atom stereocenters. The Morgan fingerprint density at radius 2 is 1.69 bits per heavy atom. The summed E-state index contributed by atoms with van der Waals surface area (Å²) in [4.78, 5) is 26.8.